The molecule has 2 fully saturated rings. The average Bonchev–Trinajstić information content (AvgIpc) is 3.71. The lowest BCUT2D eigenvalue weighted by Crippen LogP contribution is -2.46. The van der Waals surface area contributed by atoms with Gasteiger partial charge in [0.1, 0.15) is 5.75 Å². The van der Waals surface area contributed by atoms with Crippen LogP contribution in [0.4, 0.5) is 5.69 Å². The Morgan fingerprint density at radius 1 is 1.08 bits per heavy atom. The van der Waals surface area contributed by atoms with E-state index in [2.05, 4.69) is 33.5 Å². The number of aryl methyl sites for hydroxylation is 1. The molecule has 1 aliphatic carbocycles. The van der Waals surface area contributed by atoms with Crippen LogP contribution in [-0.4, -0.2) is 54.3 Å². The summed E-state index contributed by atoms with van der Waals surface area (Å²) in [6, 6.07) is 13.1. The number of carbonyl (C=O) groups excluding carboxylic acids is 1. The van der Waals surface area contributed by atoms with Gasteiger partial charge in [0.15, 0.2) is 5.70 Å². The van der Waals surface area contributed by atoms with Crippen molar-refractivity contribution in [1.82, 2.24) is 4.90 Å². The molecule has 0 radical (unpaired) electrons. The van der Waals surface area contributed by atoms with Crippen molar-refractivity contribution in [3.63, 3.8) is 0 Å². The third kappa shape index (κ3) is 6.15. The zero-order valence-electron chi connectivity index (χ0n) is 21.3. The monoisotopic (exact) mass is 487 g/mol. The minimum atomic E-state index is -0.734. The third-order valence-electron chi connectivity index (χ3n) is 7.21. The van der Waals surface area contributed by atoms with Crippen LogP contribution in [-0.2, 0) is 4.79 Å². The van der Waals surface area contributed by atoms with Gasteiger partial charge in [0.2, 0.25) is 0 Å². The molecule has 0 unspecified atom stereocenters. The molecule has 7 nitrogen and oxygen atoms in total. The Morgan fingerprint density at radius 2 is 1.75 bits per heavy atom. The largest absolute Gasteiger partial charge is 0.508 e. The van der Waals surface area contributed by atoms with Crippen molar-refractivity contribution in [2.24, 2.45) is 22.4 Å². The number of nitrogens with two attached hydrogens (primary N) is 2. The number of aliphatic imine (C=N–C) groups is 1. The van der Waals surface area contributed by atoms with Gasteiger partial charge < -0.3 is 21.5 Å². The van der Waals surface area contributed by atoms with E-state index in [-0.39, 0.29) is 17.1 Å². The first-order valence-electron chi connectivity index (χ1n) is 12.6. The molecule has 1 aliphatic heterocycles. The quantitative estimate of drug-likeness (QED) is 0.283. The Balaban J connectivity index is 1.46. The van der Waals surface area contributed by atoms with Gasteiger partial charge in [0.05, 0.1) is 5.70 Å². The maximum absolute atomic E-state index is 12.2. The van der Waals surface area contributed by atoms with E-state index in [9.17, 15) is 9.90 Å². The van der Waals surface area contributed by atoms with Gasteiger partial charge in [-0.3, -0.25) is 9.69 Å². The number of rotatable bonds is 9. The lowest BCUT2D eigenvalue weighted by molar-refractivity contribution is -0.114. The van der Waals surface area contributed by atoms with Crippen LogP contribution >= 0.6 is 0 Å². The molecule has 1 saturated heterocycles. The predicted molar refractivity (Wildman–Crippen MR) is 147 cm³/mol. The van der Waals surface area contributed by atoms with Crippen molar-refractivity contribution in [1.29, 1.82) is 0 Å². The molecule has 4 rings (SSSR count). The number of amides is 1. The molecule has 1 saturated carbocycles. The van der Waals surface area contributed by atoms with Crippen molar-refractivity contribution in [2.75, 3.05) is 37.6 Å². The second kappa shape index (κ2) is 11.0. The molecule has 1 amide bonds. The number of primary amides is 1. The van der Waals surface area contributed by atoms with E-state index in [1.54, 1.807) is 18.2 Å². The lowest BCUT2D eigenvalue weighted by Gasteiger charge is -2.36. The Kier molecular flexibility index (Phi) is 7.79. The summed E-state index contributed by atoms with van der Waals surface area (Å²) in [5, 5.41) is 9.86. The van der Waals surface area contributed by atoms with Crippen LogP contribution in [0.3, 0.4) is 0 Å². The molecule has 2 aliphatic rings. The van der Waals surface area contributed by atoms with Crippen molar-refractivity contribution < 1.29 is 9.90 Å². The number of phenolic OH excluding ortho intramolecular Hbond substituents is 1. The van der Waals surface area contributed by atoms with E-state index < -0.39 is 5.91 Å². The number of hydrogen-bond donors (Lipinski definition) is 3. The fraction of sp³-hybridized carbons (Fsp3) is 0.379. The molecule has 0 bridgehead atoms. The van der Waals surface area contributed by atoms with E-state index in [1.165, 1.54) is 31.5 Å². The Labute approximate surface area is 213 Å². The van der Waals surface area contributed by atoms with Gasteiger partial charge in [-0.2, -0.15) is 0 Å². The normalized spacial score (nSPS) is 17.6. The Bertz CT molecular complexity index is 1190. The number of carbonyl (C=O) groups is 1. The molecule has 2 aromatic rings. The maximum Gasteiger partial charge on any atom is 0.269 e. The van der Waals surface area contributed by atoms with Gasteiger partial charge in [0.25, 0.3) is 5.91 Å². The number of allylic oxidation sites excluding steroid dienone is 1. The summed E-state index contributed by atoms with van der Waals surface area (Å²) in [6.07, 6.45) is 4.19. The smallest absolute Gasteiger partial charge is 0.269 e. The molecule has 1 heterocycles. The predicted octanol–water partition coefficient (Wildman–Crippen LogP) is 3.80. The number of piperazine rings is 1. The summed E-state index contributed by atoms with van der Waals surface area (Å²) in [5.74, 6) is 0.335. The highest BCUT2D eigenvalue weighted by molar-refractivity contribution is 6.05. The van der Waals surface area contributed by atoms with Crippen molar-refractivity contribution in [3.8, 4) is 5.75 Å². The van der Waals surface area contributed by atoms with Gasteiger partial charge in [0, 0.05) is 43.2 Å². The minimum Gasteiger partial charge on any atom is -0.508 e. The van der Waals surface area contributed by atoms with Crippen LogP contribution in [0.15, 0.2) is 65.4 Å². The lowest BCUT2D eigenvalue weighted by atomic mass is 9.98. The summed E-state index contributed by atoms with van der Waals surface area (Å²) in [6.45, 7) is 13.2. The molecule has 190 valence electrons. The van der Waals surface area contributed by atoms with Gasteiger partial charge in [-0.1, -0.05) is 37.6 Å². The zero-order valence-corrected chi connectivity index (χ0v) is 21.3. The summed E-state index contributed by atoms with van der Waals surface area (Å²) >= 11 is 0. The van der Waals surface area contributed by atoms with Crippen molar-refractivity contribution >= 4 is 22.9 Å². The summed E-state index contributed by atoms with van der Waals surface area (Å²) < 4.78 is 0. The molecular weight excluding hydrogens is 450 g/mol. The highest BCUT2D eigenvalue weighted by Crippen LogP contribution is 2.32. The maximum atomic E-state index is 12.2. The van der Waals surface area contributed by atoms with Crippen LogP contribution in [0.1, 0.15) is 42.9 Å². The van der Waals surface area contributed by atoms with E-state index in [1.807, 2.05) is 26.0 Å². The topological polar surface area (TPSA) is 108 Å². The van der Waals surface area contributed by atoms with E-state index in [0.717, 1.165) is 43.2 Å². The number of hydrogen-bond acceptors (Lipinski definition) is 6. The van der Waals surface area contributed by atoms with Crippen LogP contribution in [0.2, 0.25) is 0 Å². The fourth-order valence-electron chi connectivity index (χ4n) is 4.62. The van der Waals surface area contributed by atoms with Gasteiger partial charge >= 0.3 is 0 Å². The molecule has 2 aromatic carbocycles. The number of nitrogens with zero attached hydrogens (tertiary/aromatic N) is 3. The molecular formula is C29H37N5O2. The summed E-state index contributed by atoms with van der Waals surface area (Å²) in [5.41, 5.74) is 16.6. The van der Waals surface area contributed by atoms with Crippen LogP contribution in [0, 0.1) is 12.8 Å². The van der Waals surface area contributed by atoms with Crippen LogP contribution < -0.4 is 16.4 Å². The van der Waals surface area contributed by atoms with E-state index in [0.29, 0.717) is 16.8 Å². The van der Waals surface area contributed by atoms with E-state index in [4.69, 9.17) is 11.5 Å². The second-order valence-electron chi connectivity index (χ2n) is 9.91. The zero-order chi connectivity index (χ0) is 25.8. The molecule has 0 atom stereocenters. The first-order chi connectivity index (χ1) is 17.2. The average molecular weight is 488 g/mol. The van der Waals surface area contributed by atoms with E-state index >= 15 is 0 Å². The minimum absolute atomic E-state index is 0.0494. The second-order valence-corrected chi connectivity index (χ2v) is 9.91. The van der Waals surface area contributed by atoms with Crippen LogP contribution in [0.5, 0.6) is 5.75 Å². The number of aromatic hydroxyl groups is 1. The molecule has 36 heavy (non-hydrogen) atoms. The van der Waals surface area contributed by atoms with Crippen molar-refractivity contribution in [3.05, 3.63) is 77.1 Å². The Hall–Kier alpha value is -3.58. The van der Waals surface area contributed by atoms with Gasteiger partial charge in [-0.05, 0) is 73.7 Å². The van der Waals surface area contributed by atoms with Gasteiger partial charge in [-0.25, -0.2) is 4.99 Å². The number of benzene rings is 2. The summed E-state index contributed by atoms with van der Waals surface area (Å²) in [4.78, 5) is 21.7. The van der Waals surface area contributed by atoms with Gasteiger partial charge in [-0.15, -0.1) is 0 Å². The Morgan fingerprint density at radius 3 is 2.36 bits per heavy atom. The first kappa shape index (κ1) is 25.5. The molecule has 0 aromatic heterocycles. The molecule has 0 spiro atoms. The molecule has 7 heteroatoms. The number of anilines is 1. The molecule has 5 N–H and O–H groups in total. The number of phenols is 1. The highest BCUT2D eigenvalue weighted by atomic mass is 16.3. The standard InChI is InChI=1S/C29H37N5O2/c1-19-4-11-25(35)18-26(19)20(2)27(30)28(29(31)36)32-21(3)23-7-9-24(10-8-23)34-16-14-33(15-17-34)13-12-22-5-6-22/h4,7-11,18,22,35H,2,5-6,12-17,30H2,1,3H3,(H2,31,36)/b28-27+,32-21?. The van der Waals surface area contributed by atoms with Crippen LogP contribution in [0.25, 0.3) is 5.57 Å². The first-order valence-corrected chi connectivity index (χ1v) is 12.6. The van der Waals surface area contributed by atoms with Crippen molar-refractivity contribution in [2.45, 2.75) is 33.1 Å². The fourth-order valence-corrected chi connectivity index (χ4v) is 4.62. The third-order valence-corrected chi connectivity index (χ3v) is 7.21. The highest BCUT2D eigenvalue weighted by Gasteiger charge is 2.23. The SMILES string of the molecule is C=C(/C(N)=C(\N=C(C)c1ccc(N2CCN(CCC3CC3)CC2)cc1)C(N)=O)c1cc(O)ccc1C. The summed E-state index contributed by atoms with van der Waals surface area (Å²) in [7, 11) is 0.